The first-order chi connectivity index (χ1) is 5.20. The summed E-state index contributed by atoms with van der Waals surface area (Å²) in [6.45, 7) is 4.21. The van der Waals surface area contributed by atoms with Gasteiger partial charge >= 0.3 is 0 Å². The summed E-state index contributed by atoms with van der Waals surface area (Å²) in [6.07, 6.45) is 5.39. The van der Waals surface area contributed by atoms with E-state index in [0.29, 0.717) is 12.3 Å². The van der Waals surface area contributed by atoms with E-state index in [4.69, 9.17) is 0 Å². The lowest BCUT2D eigenvalue weighted by molar-refractivity contribution is -0.115. The Labute approximate surface area is 73.3 Å². The molecule has 0 aromatic heterocycles. The van der Waals surface area contributed by atoms with Crippen molar-refractivity contribution in [2.75, 3.05) is 6.26 Å². The van der Waals surface area contributed by atoms with E-state index in [1.807, 2.05) is 11.7 Å². The second-order valence-corrected chi connectivity index (χ2v) is 3.47. The zero-order chi connectivity index (χ0) is 8.69. The zero-order valence-corrected chi connectivity index (χ0v) is 8.28. The lowest BCUT2D eigenvalue weighted by atomic mass is 10.0. The van der Waals surface area contributed by atoms with Crippen LogP contribution in [0, 0.1) is 5.92 Å². The smallest absolute Gasteiger partial charge is 0.156 e. The molecular weight excluding hydrogens is 156 g/mol. The molecule has 0 aliphatic rings. The molecule has 64 valence electrons. The van der Waals surface area contributed by atoms with Crippen LogP contribution in [-0.4, -0.2) is 12.0 Å². The predicted octanol–water partition coefficient (Wildman–Crippen LogP) is 2.87. The van der Waals surface area contributed by atoms with Crippen LogP contribution < -0.4 is 0 Å². The van der Waals surface area contributed by atoms with Crippen molar-refractivity contribution in [3.63, 3.8) is 0 Å². The molecule has 2 heteroatoms. The molecule has 0 rings (SSSR count). The Morgan fingerprint density at radius 2 is 2.27 bits per heavy atom. The van der Waals surface area contributed by atoms with Crippen LogP contribution in [0.2, 0.25) is 0 Å². The Balaban J connectivity index is 3.60. The molecule has 0 fully saturated rings. The van der Waals surface area contributed by atoms with E-state index in [9.17, 15) is 4.79 Å². The molecule has 0 unspecified atom stereocenters. The molecule has 0 saturated heterocycles. The first-order valence-electron chi connectivity index (χ1n) is 3.92. The molecule has 0 saturated carbocycles. The summed E-state index contributed by atoms with van der Waals surface area (Å²) in [5, 5.41) is 1.84. The Morgan fingerprint density at radius 3 is 2.73 bits per heavy atom. The number of rotatable bonds is 5. The molecule has 0 heterocycles. The summed E-state index contributed by atoms with van der Waals surface area (Å²) in [5.41, 5.74) is 0. The van der Waals surface area contributed by atoms with E-state index >= 15 is 0 Å². The number of ketones is 1. The maximum absolute atomic E-state index is 11.1. The Kier molecular flexibility index (Phi) is 6.33. The number of thioether (sulfide) groups is 1. The van der Waals surface area contributed by atoms with Crippen LogP contribution in [0.5, 0.6) is 0 Å². The van der Waals surface area contributed by atoms with Crippen LogP contribution in [-0.2, 0) is 4.79 Å². The Hall–Kier alpha value is -0.240. The molecule has 0 N–H and O–H groups in total. The molecule has 11 heavy (non-hydrogen) atoms. The van der Waals surface area contributed by atoms with Gasteiger partial charge in [-0.25, -0.2) is 0 Å². The summed E-state index contributed by atoms with van der Waals surface area (Å²) < 4.78 is 0. The van der Waals surface area contributed by atoms with Crippen molar-refractivity contribution in [1.82, 2.24) is 0 Å². The fourth-order valence-corrected chi connectivity index (χ4v) is 0.988. The van der Waals surface area contributed by atoms with Crippen molar-refractivity contribution in [2.24, 2.45) is 5.92 Å². The molecule has 1 atom stereocenters. The van der Waals surface area contributed by atoms with E-state index in [1.165, 1.54) is 0 Å². The first-order valence-corrected chi connectivity index (χ1v) is 5.21. The van der Waals surface area contributed by atoms with Crippen LogP contribution in [0.15, 0.2) is 11.5 Å². The summed E-state index contributed by atoms with van der Waals surface area (Å²) in [4.78, 5) is 11.1. The summed E-state index contributed by atoms with van der Waals surface area (Å²) in [6, 6.07) is 0. The predicted molar refractivity (Wildman–Crippen MR) is 51.7 cm³/mol. The minimum absolute atomic E-state index is 0.244. The van der Waals surface area contributed by atoms with E-state index < -0.39 is 0 Å². The van der Waals surface area contributed by atoms with Crippen molar-refractivity contribution in [3.05, 3.63) is 11.5 Å². The Bertz CT molecular complexity index is 140. The van der Waals surface area contributed by atoms with E-state index in [1.54, 1.807) is 17.8 Å². The van der Waals surface area contributed by atoms with Crippen LogP contribution in [0.25, 0.3) is 0 Å². The summed E-state index contributed by atoms with van der Waals surface area (Å²) >= 11 is 1.56. The molecule has 0 aliphatic heterocycles. The standard InChI is InChI=1S/C9H16OS/c1-4-8(2)7-9(10)5-6-11-3/h5-6,8H,4,7H2,1-3H3/b6-5+/t8-/m1/s1. The maximum atomic E-state index is 11.1. The zero-order valence-electron chi connectivity index (χ0n) is 7.46. The van der Waals surface area contributed by atoms with Crippen LogP contribution in [0.4, 0.5) is 0 Å². The SMILES string of the molecule is CC[C@@H](C)CC(=O)/C=C/SC. The average Bonchev–Trinajstić information content (AvgIpc) is 2.00. The van der Waals surface area contributed by atoms with Gasteiger partial charge in [0.1, 0.15) is 0 Å². The molecule has 0 amide bonds. The van der Waals surface area contributed by atoms with Gasteiger partial charge in [0.25, 0.3) is 0 Å². The van der Waals surface area contributed by atoms with Crippen LogP contribution in [0.1, 0.15) is 26.7 Å². The topological polar surface area (TPSA) is 17.1 Å². The highest BCUT2D eigenvalue weighted by Crippen LogP contribution is 2.07. The van der Waals surface area contributed by atoms with Gasteiger partial charge in [-0.3, -0.25) is 4.79 Å². The highest BCUT2D eigenvalue weighted by Gasteiger charge is 2.02. The highest BCUT2D eigenvalue weighted by atomic mass is 32.2. The molecule has 1 nitrogen and oxygen atoms in total. The minimum Gasteiger partial charge on any atom is -0.295 e. The highest BCUT2D eigenvalue weighted by molar-refractivity contribution is 8.01. The fraction of sp³-hybridized carbons (Fsp3) is 0.667. The molecule has 0 spiro atoms. The van der Waals surface area contributed by atoms with Gasteiger partial charge in [-0.1, -0.05) is 20.3 Å². The number of hydrogen-bond acceptors (Lipinski definition) is 2. The second-order valence-electron chi connectivity index (χ2n) is 2.72. The number of carbonyl (C=O) groups is 1. The Morgan fingerprint density at radius 1 is 1.64 bits per heavy atom. The average molecular weight is 172 g/mol. The molecular formula is C9H16OS. The quantitative estimate of drug-likeness (QED) is 0.593. The maximum Gasteiger partial charge on any atom is 0.156 e. The van der Waals surface area contributed by atoms with Crippen LogP contribution in [0.3, 0.4) is 0 Å². The van der Waals surface area contributed by atoms with E-state index in [-0.39, 0.29) is 5.78 Å². The lowest BCUT2D eigenvalue weighted by Gasteiger charge is -2.02. The van der Waals surface area contributed by atoms with E-state index in [2.05, 4.69) is 13.8 Å². The molecule has 0 aliphatic carbocycles. The van der Waals surface area contributed by atoms with Gasteiger partial charge in [-0.05, 0) is 23.7 Å². The van der Waals surface area contributed by atoms with Gasteiger partial charge < -0.3 is 0 Å². The number of allylic oxidation sites excluding steroid dienone is 1. The van der Waals surface area contributed by atoms with Crippen molar-refractivity contribution >= 4 is 17.5 Å². The third-order valence-corrected chi connectivity index (χ3v) is 2.04. The summed E-state index contributed by atoms with van der Waals surface area (Å²) in [5.74, 6) is 0.766. The normalized spacial score (nSPS) is 13.7. The van der Waals surface area contributed by atoms with Gasteiger partial charge in [-0.15, -0.1) is 11.8 Å². The third kappa shape index (κ3) is 6.17. The second kappa shape index (κ2) is 6.47. The lowest BCUT2D eigenvalue weighted by Crippen LogP contribution is -2.00. The van der Waals surface area contributed by atoms with Gasteiger partial charge in [0.2, 0.25) is 0 Å². The van der Waals surface area contributed by atoms with Crippen molar-refractivity contribution < 1.29 is 4.79 Å². The minimum atomic E-state index is 0.244. The monoisotopic (exact) mass is 172 g/mol. The van der Waals surface area contributed by atoms with Crippen LogP contribution >= 0.6 is 11.8 Å². The van der Waals surface area contributed by atoms with Gasteiger partial charge in [-0.2, -0.15) is 0 Å². The van der Waals surface area contributed by atoms with Crippen molar-refractivity contribution in [1.29, 1.82) is 0 Å². The molecule has 0 aromatic carbocycles. The van der Waals surface area contributed by atoms with E-state index in [0.717, 1.165) is 6.42 Å². The molecule has 0 bridgehead atoms. The fourth-order valence-electron chi connectivity index (χ4n) is 0.700. The number of carbonyl (C=O) groups excluding carboxylic acids is 1. The number of hydrogen-bond donors (Lipinski definition) is 0. The summed E-state index contributed by atoms with van der Waals surface area (Å²) in [7, 11) is 0. The molecule has 0 aromatic rings. The third-order valence-electron chi connectivity index (χ3n) is 1.64. The molecule has 0 radical (unpaired) electrons. The van der Waals surface area contributed by atoms with Gasteiger partial charge in [0, 0.05) is 6.42 Å². The van der Waals surface area contributed by atoms with Gasteiger partial charge in [0.05, 0.1) is 0 Å². The van der Waals surface area contributed by atoms with Crippen molar-refractivity contribution in [3.8, 4) is 0 Å². The van der Waals surface area contributed by atoms with Gasteiger partial charge in [0.15, 0.2) is 5.78 Å². The van der Waals surface area contributed by atoms with Crippen molar-refractivity contribution in [2.45, 2.75) is 26.7 Å². The first kappa shape index (κ1) is 10.8. The largest absolute Gasteiger partial charge is 0.295 e.